The van der Waals surface area contributed by atoms with Gasteiger partial charge in [0, 0.05) is 29.6 Å². The molecule has 1 rings (SSSR count). The van der Waals surface area contributed by atoms with E-state index in [9.17, 15) is 19.4 Å². The highest BCUT2D eigenvalue weighted by Gasteiger charge is 2.25. The number of rotatable bonds is 9. The van der Waals surface area contributed by atoms with Gasteiger partial charge in [0.15, 0.2) is 8.38 Å². The molecule has 1 aromatic carbocycles. The average molecular weight is 420 g/mol. The molecule has 0 saturated carbocycles. The van der Waals surface area contributed by atoms with E-state index in [2.05, 4.69) is 5.32 Å². The SMILES string of the molecule is CC(C)C(=O)O[C@@H](OC(=O)NC[C@H](CP(O)O)c1ccc(Cl)cc1)C(C)C. The Morgan fingerprint density at radius 3 is 2.19 bits per heavy atom. The van der Waals surface area contributed by atoms with E-state index in [0.29, 0.717) is 5.02 Å². The van der Waals surface area contributed by atoms with Gasteiger partial charge in [-0.05, 0) is 17.7 Å². The summed E-state index contributed by atoms with van der Waals surface area (Å²) in [6, 6.07) is 6.92. The first-order valence-corrected chi connectivity index (χ1v) is 10.5. The molecule has 0 heterocycles. The number of hydrogen-bond donors (Lipinski definition) is 3. The van der Waals surface area contributed by atoms with E-state index in [-0.39, 0.29) is 30.5 Å². The summed E-state index contributed by atoms with van der Waals surface area (Å²) >= 11 is 5.87. The van der Waals surface area contributed by atoms with E-state index in [1.165, 1.54) is 0 Å². The second kappa shape index (κ2) is 11.4. The third-order valence-electron chi connectivity index (χ3n) is 3.69. The van der Waals surface area contributed by atoms with Crippen molar-refractivity contribution in [1.29, 1.82) is 0 Å². The summed E-state index contributed by atoms with van der Waals surface area (Å²) in [6.07, 6.45) is -1.65. The maximum atomic E-state index is 12.1. The number of benzene rings is 1. The fourth-order valence-electron chi connectivity index (χ4n) is 2.12. The van der Waals surface area contributed by atoms with Crippen LogP contribution in [-0.4, -0.2) is 40.8 Å². The molecule has 0 aromatic heterocycles. The molecule has 3 N–H and O–H groups in total. The van der Waals surface area contributed by atoms with Gasteiger partial charge >= 0.3 is 12.1 Å². The zero-order valence-electron chi connectivity index (χ0n) is 15.9. The van der Waals surface area contributed by atoms with Crippen molar-refractivity contribution in [2.45, 2.75) is 39.9 Å². The van der Waals surface area contributed by atoms with Crippen LogP contribution in [0.15, 0.2) is 24.3 Å². The number of esters is 1. The van der Waals surface area contributed by atoms with E-state index in [1.807, 2.05) is 0 Å². The van der Waals surface area contributed by atoms with Crippen molar-refractivity contribution in [3.05, 3.63) is 34.9 Å². The topological polar surface area (TPSA) is 105 Å². The number of amides is 1. The van der Waals surface area contributed by atoms with Gasteiger partial charge in [0.25, 0.3) is 6.29 Å². The third-order valence-corrected chi connectivity index (χ3v) is 4.71. The molecule has 0 fully saturated rings. The van der Waals surface area contributed by atoms with E-state index in [1.54, 1.807) is 52.0 Å². The fraction of sp³-hybridized carbons (Fsp3) is 0.556. The minimum Gasteiger partial charge on any atom is -0.425 e. The second-order valence-corrected chi connectivity index (χ2v) is 8.34. The predicted octanol–water partition coefficient (Wildman–Crippen LogP) is 3.63. The van der Waals surface area contributed by atoms with Crippen molar-refractivity contribution < 1.29 is 28.8 Å². The molecular formula is C18H27ClNO6P. The molecule has 2 atom stereocenters. The first-order chi connectivity index (χ1) is 12.6. The van der Waals surface area contributed by atoms with Gasteiger partial charge < -0.3 is 24.6 Å². The largest absolute Gasteiger partial charge is 0.425 e. The van der Waals surface area contributed by atoms with Crippen LogP contribution < -0.4 is 5.32 Å². The van der Waals surface area contributed by atoms with Crippen LogP contribution in [0.5, 0.6) is 0 Å². The lowest BCUT2D eigenvalue weighted by molar-refractivity contribution is -0.178. The lowest BCUT2D eigenvalue weighted by atomic mass is 10.0. The first-order valence-electron chi connectivity index (χ1n) is 8.65. The second-order valence-electron chi connectivity index (χ2n) is 6.79. The maximum Gasteiger partial charge on any atom is 0.410 e. The Balaban J connectivity index is 2.68. The van der Waals surface area contributed by atoms with Crippen LogP contribution in [0, 0.1) is 11.8 Å². The fourth-order valence-corrected chi connectivity index (χ4v) is 2.98. The molecule has 0 bridgehead atoms. The van der Waals surface area contributed by atoms with Gasteiger partial charge in [-0.1, -0.05) is 51.4 Å². The minimum atomic E-state index is -2.14. The van der Waals surface area contributed by atoms with Crippen LogP contribution in [0.3, 0.4) is 0 Å². The predicted molar refractivity (Wildman–Crippen MR) is 104 cm³/mol. The molecule has 0 aliphatic rings. The van der Waals surface area contributed by atoms with Crippen molar-refractivity contribution in [3.8, 4) is 0 Å². The van der Waals surface area contributed by atoms with Crippen LogP contribution in [0.25, 0.3) is 0 Å². The minimum absolute atomic E-state index is 0.0905. The van der Waals surface area contributed by atoms with Crippen LogP contribution in [0.1, 0.15) is 39.2 Å². The maximum absolute atomic E-state index is 12.1. The van der Waals surface area contributed by atoms with Gasteiger partial charge in [0.1, 0.15) is 0 Å². The van der Waals surface area contributed by atoms with E-state index >= 15 is 0 Å². The summed E-state index contributed by atoms with van der Waals surface area (Å²) in [6.45, 7) is 7.06. The van der Waals surface area contributed by atoms with Gasteiger partial charge in [0.2, 0.25) is 0 Å². The Kier molecular flexibility index (Phi) is 10.0. The molecule has 0 aliphatic heterocycles. The molecule has 0 saturated heterocycles. The first kappa shape index (κ1) is 23.6. The Labute approximate surface area is 165 Å². The molecule has 0 unspecified atom stereocenters. The highest BCUT2D eigenvalue weighted by molar-refractivity contribution is 7.45. The van der Waals surface area contributed by atoms with E-state index in [0.717, 1.165) is 5.56 Å². The van der Waals surface area contributed by atoms with E-state index in [4.69, 9.17) is 21.1 Å². The Morgan fingerprint density at radius 1 is 1.11 bits per heavy atom. The molecule has 1 amide bonds. The molecular weight excluding hydrogens is 393 g/mol. The third kappa shape index (κ3) is 8.89. The zero-order valence-corrected chi connectivity index (χ0v) is 17.5. The standard InChI is InChI=1S/C18H27ClNO6P/c1-11(2)16(21)25-17(12(3)4)26-18(22)20-9-14(10-27(23)24)13-5-7-15(19)8-6-13/h5-8,11-12,14,17,23-24H,9-10H2,1-4H3,(H,20,22)/t14-,17+/m1/s1. The molecule has 27 heavy (non-hydrogen) atoms. The van der Waals surface area contributed by atoms with Gasteiger partial charge in [-0.25, -0.2) is 4.79 Å². The summed E-state index contributed by atoms with van der Waals surface area (Å²) in [4.78, 5) is 42.6. The number of ether oxygens (including phenoxy) is 2. The van der Waals surface area contributed by atoms with Crippen LogP contribution >= 0.6 is 20.0 Å². The normalized spacial score (nSPS) is 13.6. The van der Waals surface area contributed by atoms with Crippen molar-refractivity contribution >= 4 is 32.0 Å². The summed E-state index contributed by atoms with van der Waals surface area (Å²) in [7, 11) is -2.14. The summed E-state index contributed by atoms with van der Waals surface area (Å²) in [5.74, 6) is -1.33. The number of carbonyl (C=O) groups excluding carboxylic acids is 2. The highest BCUT2D eigenvalue weighted by atomic mass is 35.5. The molecule has 0 radical (unpaired) electrons. The van der Waals surface area contributed by atoms with Gasteiger partial charge in [-0.2, -0.15) is 0 Å². The quantitative estimate of drug-likeness (QED) is 0.321. The molecule has 7 nitrogen and oxygen atoms in total. The van der Waals surface area contributed by atoms with Crippen molar-refractivity contribution in [2.75, 3.05) is 12.7 Å². The lowest BCUT2D eigenvalue weighted by Crippen LogP contribution is -2.37. The molecule has 0 spiro atoms. The highest BCUT2D eigenvalue weighted by Crippen LogP contribution is 2.32. The Bertz CT molecular complexity index is 608. The van der Waals surface area contributed by atoms with Crippen LogP contribution in [0.2, 0.25) is 5.02 Å². The van der Waals surface area contributed by atoms with Crippen molar-refractivity contribution in [3.63, 3.8) is 0 Å². The molecule has 152 valence electrons. The Hall–Kier alpha value is -1.40. The number of hydrogen-bond acceptors (Lipinski definition) is 6. The van der Waals surface area contributed by atoms with Crippen molar-refractivity contribution in [2.24, 2.45) is 11.8 Å². The van der Waals surface area contributed by atoms with Crippen LogP contribution in [0.4, 0.5) is 4.79 Å². The molecule has 0 aliphatic carbocycles. The van der Waals surface area contributed by atoms with Crippen LogP contribution in [-0.2, 0) is 14.3 Å². The van der Waals surface area contributed by atoms with Crippen molar-refractivity contribution in [1.82, 2.24) is 5.32 Å². The average Bonchev–Trinajstić information content (AvgIpc) is 2.58. The number of halogens is 1. The lowest BCUT2D eigenvalue weighted by Gasteiger charge is -2.23. The summed E-state index contributed by atoms with van der Waals surface area (Å²) in [5, 5.41) is 3.15. The zero-order chi connectivity index (χ0) is 20.6. The Morgan fingerprint density at radius 2 is 1.70 bits per heavy atom. The van der Waals surface area contributed by atoms with Gasteiger partial charge in [-0.3, -0.25) is 4.79 Å². The summed E-state index contributed by atoms with van der Waals surface area (Å²) < 4.78 is 10.4. The number of nitrogens with one attached hydrogen (secondary N) is 1. The smallest absolute Gasteiger partial charge is 0.410 e. The van der Waals surface area contributed by atoms with Gasteiger partial charge in [-0.15, -0.1) is 0 Å². The number of alkyl carbamates (subject to hydrolysis) is 1. The van der Waals surface area contributed by atoms with E-state index < -0.39 is 26.7 Å². The van der Waals surface area contributed by atoms with Gasteiger partial charge in [0.05, 0.1) is 5.92 Å². The molecule has 1 aromatic rings. The monoisotopic (exact) mass is 419 g/mol. The molecule has 9 heteroatoms. The number of carbonyl (C=O) groups is 2. The summed E-state index contributed by atoms with van der Waals surface area (Å²) in [5.41, 5.74) is 0.807.